The number of fused-ring (bicyclic) bond motifs is 1. The molecule has 0 spiro atoms. The van der Waals surface area contributed by atoms with E-state index < -0.39 is 0 Å². The monoisotopic (exact) mass is 268 g/mol. The molecule has 1 aliphatic heterocycles. The van der Waals surface area contributed by atoms with Gasteiger partial charge in [-0.05, 0) is 35.2 Å². The Morgan fingerprint density at radius 3 is 2.95 bits per heavy atom. The molecule has 3 rings (SSSR count). The number of rotatable bonds is 5. The third kappa shape index (κ3) is 2.78. The first-order chi connectivity index (χ1) is 9.86. The van der Waals surface area contributed by atoms with Crippen LogP contribution in [0.3, 0.4) is 0 Å². The SMILES string of the molecule is COc1cccc(CNCc2cccc3c2NCC3)c1. The van der Waals surface area contributed by atoms with Gasteiger partial charge in [-0.25, -0.2) is 0 Å². The van der Waals surface area contributed by atoms with Gasteiger partial charge in [-0.15, -0.1) is 0 Å². The summed E-state index contributed by atoms with van der Waals surface area (Å²) in [7, 11) is 1.70. The zero-order chi connectivity index (χ0) is 13.8. The van der Waals surface area contributed by atoms with Crippen molar-refractivity contribution in [3.63, 3.8) is 0 Å². The number of hydrogen-bond donors (Lipinski definition) is 2. The van der Waals surface area contributed by atoms with Crippen LogP contribution in [0.2, 0.25) is 0 Å². The van der Waals surface area contributed by atoms with Gasteiger partial charge in [0.2, 0.25) is 0 Å². The highest BCUT2D eigenvalue weighted by Crippen LogP contribution is 2.26. The van der Waals surface area contributed by atoms with Crippen LogP contribution in [0.4, 0.5) is 5.69 Å². The highest BCUT2D eigenvalue weighted by Gasteiger charge is 2.12. The van der Waals surface area contributed by atoms with Crippen LogP contribution in [0.5, 0.6) is 5.75 Å². The van der Waals surface area contributed by atoms with Gasteiger partial charge in [0.25, 0.3) is 0 Å². The maximum Gasteiger partial charge on any atom is 0.119 e. The number of hydrogen-bond acceptors (Lipinski definition) is 3. The van der Waals surface area contributed by atoms with Crippen LogP contribution in [-0.2, 0) is 19.5 Å². The molecular formula is C17H20N2O. The predicted octanol–water partition coefficient (Wildman–Crippen LogP) is 2.95. The number of para-hydroxylation sites is 1. The highest BCUT2D eigenvalue weighted by atomic mass is 16.5. The molecule has 0 fully saturated rings. The fraction of sp³-hybridized carbons (Fsp3) is 0.294. The summed E-state index contributed by atoms with van der Waals surface area (Å²) in [5.74, 6) is 0.909. The molecule has 1 heterocycles. The summed E-state index contributed by atoms with van der Waals surface area (Å²) < 4.78 is 5.24. The highest BCUT2D eigenvalue weighted by molar-refractivity contribution is 5.61. The molecule has 2 N–H and O–H groups in total. The van der Waals surface area contributed by atoms with Gasteiger partial charge in [0, 0.05) is 25.3 Å². The maximum atomic E-state index is 5.24. The third-order valence-corrected chi connectivity index (χ3v) is 3.71. The normalized spacial score (nSPS) is 12.8. The van der Waals surface area contributed by atoms with E-state index in [1.165, 1.54) is 22.4 Å². The summed E-state index contributed by atoms with van der Waals surface area (Å²) >= 11 is 0. The molecule has 2 aromatic carbocycles. The van der Waals surface area contributed by atoms with Crippen molar-refractivity contribution in [2.45, 2.75) is 19.5 Å². The Balaban J connectivity index is 1.61. The molecule has 0 bridgehead atoms. The van der Waals surface area contributed by atoms with Crippen LogP contribution in [0.25, 0.3) is 0 Å². The van der Waals surface area contributed by atoms with Gasteiger partial charge in [-0.1, -0.05) is 30.3 Å². The van der Waals surface area contributed by atoms with Gasteiger partial charge >= 0.3 is 0 Å². The molecule has 0 saturated heterocycles. The van der Waals surface area contributed by atoms with Gasteiger partial charge in [0.15, 0.2) is 0 Å². The van der Waals surface area contributed by atoms with Crippen molar-refractivity contribution < 1.29 is 4.74 Å². The van der Waals surface area contributed by atoms with Gasteiger partial charge in [-0.2, -0.15) is 0 Å². The van der Waals surface area contributed by atoms with Crippen molar-refractivity contribution >= 4 is 5.69 Å². The van der Waals surface area contributed by atoms with Crippen molar-refractivity contribution in [3.05, 3.63) is 59.2 Å². The van der Waals surface area contributed by atoms with E-state index in [0.717, 1.165) is 31.8 Å². The predicted molar refractivity (Wildman–Crippen MR) is 82.2 cm³/mol. The standard InChI is InChI=1S/C17H20N2O/c1-20-16-7-2-4-13(10-16)11-18-12-15-6-3-5-14-8-9-19-17(14)15/h2-7,10,18-19H,8-9,11-12H2,1H3. The Labute approximate surface area is 120 Å². The Kier molecular flexibility index (Phi) is 3.88. The van der Waals surface area contributed by atoms with Crippen LogP contribution in [0.1, 0.15) is 16.7 Å². The number of anilines is 1. The Morgan fingerprint density at radius 2 is 2.05 bits per heavy atom. The lowest BCUT2D eigenvalue weighted by Crippen LogP contribution is -2.13. The van der Waals surface area contributed by atoms with E-state index in [9.17, 15) is 0 Å². The zero-order valence-electron chi connectivity index (χ0n) is 11.8. The number of methoxy groups -OCH3 is 1. The summed E-state index contributed by atoms with van der Waals surface area (Å²) in [6, 6.07) is 14.7. The molecule has 1 aliphatic rings. The minimum atomic E-state index is 0.848. The molecule has 0 amide bonds. The first-order valence-electron chi connectivity index (χ1n) is 7.05. The van der Waals surface area contributed by atoms with Crippen LogP contribution >= 0.6 is 0 Å². The number of benzene rings is 2. The Bertz CT molecular complexity index is 595. The molecule has 0 radical (unpaired) electrons. The van der Waals surface area contributed by atoms with E-state index >= 15 is 0 Å². The lowest BCUT2D eigenvalue weighted by molar-refractivity contribution is 0.414. The first kappa shape index (κ1) is 13.0. The van der Waals surface area contributed by atoms with Crippen molar-refractivity contribution in [1.82, 2.24) is 5.32 Å². The van der Waals surface area contributed by atoms with Gasteiger partial charge in [-0.3, -0.25) is 0 Å². The number of ether oxygens (including phenoxy) is 1. The lowest BCUT2D eigenvalue weighted by atomic mass is 10.1. The van der Waals surface area contributed by atoms with Crippen LogP contribution in [-0.4, -0.2) is 13.7 Å². The van der Waals surface area contributed by atoms with Crippen LogP contribution < -0.4 is 15.4 Å². The Morgan fingerprint density at radius 1 is 1.15 bits per heavy atom. The van der Waals surface area contributed by atoms with Crippen molar-refractivity contribution in [3.8, 4) is 5.75 Å². The van der Waals surface area contributed by atoms with Gasteiger partial charge in [0.1, 0.15) is 5.75 Å². The first-order valence-corrected chi connectivity index (χ1v) is 7.05. The Hall–Kier alpha value is -2.00. The summed E-state index contributed by atoms with van der Waals surface area (Å²) in [4.78, 5) is 0. The van der Waals surface area contributed by atoms with Crippen molar-refractivity contribution in [1.29, 1.82) is 0 Å². The smallest absolute Gasteiger partial charge is 0.119 e. The molecular weight excluding hydrogens is 248 g/mol. The maximum absolute atomic E-state index is 5.24. The quantitative estimate of drug-likeness (QED) is 0.874. The summed E-state index contributed by atoms with van der Waals surface area (Å²) in [5, 5.41) is 6.98. The fourth-order valence-electron chi connectivity index (χ4n) is 2.68. The van der Waals surface area contributed by atoms with Crippen molar-refractivity contribution in [2.24, 2.45) is 0 Å². The zero-order valence-corrected chi connectivity index (χ0v) is 11.8. The second-order valence-electron chi connectivity index (χ2n) is 5.08. The average Bonchev–Trinajstić information content (AvgIpc) is 2.97. The number of nitrogens with one attached hydrogen (secondary N) is 2. The molecule has 0 aromatic heterocycles. The molecule has 3 nitrogen and oxygen atoms in total. The minimum absolute atomic E-state index is 0.848. The van der Waals surface area contributed by atoms with Crippen LogP contribution in [0, 0.1) is 0 Å². The summed E-state index contributed by atoms with van der Waals surface area (Å²) in [6.07, 6.45) is 1.14. The molecule has 20 heavy (non-hydrogen) atoms. The third-order valence-electron chi connectivity index (χ3n) is 3.71. The van der Waals surface area contributed by atoms with E-state index in [-0.39, 0.29) is 0 Å². The van der Waals surface area contributed by atoms with Gasteiger partial charge in [0.05, 0.1) is 7.11 Å². The lowest BCUT2D eigenvalue weighted by Gasteiger charge is -2.10. The molecule has 2 aromatic rings. The minimum Gasteiger partial charge on any atom is -0.497 e. The van der Waals surface area contributed by atoms with Crippen LogP contribution in [0.15, 0.2) is 42.5 Å². The van der Waals surface area contributed by atoms with E-state index in [4.69, 9.17) is 4.74 Å². The molecule has 3 heteroatoms. The van der Waals surface area contributed by atoms with E-state index in [1.807, 2.05) is 12.1 Å². The molecule has 0 aliphatic carbocycles. The molecule has 0 saturated carbocycles. The second-order valence-corrected chi connectivity index (χ2v) is 5.08. The average molecular weight is 268 g/mol. The molecule has 0 unspecified atom stereocenters. The summed E-state index contributed by atoms with van der Waals surface area (Å²) in [5.41, 5.74) is 5.35. The van der Waals surface area contributed by atoms with E-state index in [0.29, 0.717) is 0 Å². The topological polar surface area (TPSA) is 33.3 Å². The van der Waals surface area contributed by atoms with E-state index in [2.05, 4.69) is 41.0 Å². The fourth-order valence-corrected chi connectivity index (χ4v) is 2.68. The van der Waals surface area contributed by atoms with E-state index in [1.54, 1.807) is 7.11 Å². The largest absolute Gasteiger partial charge is 0.497 e. The van der Waals surface area contributed by atoms with Gasteiger partial charge < -0.3 is 15.4 Å². The molecule has 0 atom stereocenters. The summed E-state index contributed by atoms with van der Waals surface area (Å²) in [6.45, 7) is 2.79. The molecule has 104 valence electrons. The second kappa shape index (κ2) is 5.97. The van der Waals surface area contributed by atoms with Crippen molar-refractivity contribution in [2.75, 3.05) is 19.0 Å².